The Morgan fingerprint density at radius 1 is 1.09 bits per heavy atom. The molecule has 0 aliphatic carbocycles. The number of hydrogen-bond acceptors (Lipinski definition) is 3. The molecule has 0 amide bonds. The molecule has 1 aromatic heterocycles. The molecular weight excluding hydrogens is 411 g/mol. The Balaban J connectivity index is 2.09. The molecule has 3 rings (SSSR count). The molecule has 3 aromatic rings. The van der Waals surface area contributed by atoms with E-state index in [1.807, 2.05) is 31.2 Å². The molecule has 0 atom stereocenters. The number of sulfonamides is 1. The number of rotatable bonds is 3. The SMILES string of the molecule is Cc1cc(I)ccc1NS(=O)(=O)c1cccc2cccnc12. The number of hydrogen-bond donors (Lipinski definition) is 1. The number of pyridine rings is 1. The molecule has 1 N–H and O–H groups in total. The molecule has 0 fully saturated rings. The van der Waals surface area contributed by atoms with E-state index in [4.69, 9.17) is 0 Å². The lowest BCUT2D eigenvalue weighted by molar-refractivity contribution is 0.602. The van der Waals surface area contributed by atoms with Crippen molar-refractivity contribution >= 4 is 49.2 Å². The highest BCUT2D eigenvalue weighted by Crippen LogP contribution is 2.25. The molecule has 0 aliphatic heterocycles. The molecule has 0 radical (unpaired) electrons. The molecule has 0 unspecified atom stereocenters. The Bertz CT molecular complexity index is 950. The maximum atomic E-state index is 12.7. The molecule has 0 spiro atoms. The van der Waals surface area contributed by atoms with E-state index in [2.05, 4.69) is 32.3 Å². The van der Waals surface area contributed by atoms with E-state index in [1.165, 1.54) is 0 Å². The van der Waals surface area contributed by atoms with Crippen LogP contribution in [0.4, 0.5) is 5.69 Å². The predicted octanol–water partition coefficient (Wildman–Crippen LogP) is 3.95. The van der Waals surface area contributed by atoms with Crippen LogP contribution in [0.15, 0.2) is 59.6 Å². The Hall–Kier alpha value is -1.67. The van der Waals surface area contributed by atoms with Crippen molar-refractivity contribution in [2.75, 3.05) is 4.72 Å². The van der Waals surface area contributed by atoms with Gasteiger partial charge in [-0.15, -0.1) is 0 Å². The van der Waals surface area contributed by atoms with E-state index in [0.29, 0.717) is 11.2 Å². The van der Waals surface area contributed by atoms with Crippen LogP contribution in [0, 0.1) is 10.5 Å². The fourth-order valence-electron chi connectivity index (χ4n) is 2.23. The molecule has 2 aromatic carbocycles. The van der Waals surface area contributed by atoms with Crippen molar-refractivity contribution in [1.29, 1.82) is 0 Å². The minimum atomic E-state index is -3.69. The Morgan fingerprint density at radius 3 is 2.64 bits per heavy atom. The standard InChI is InChI=1S/C16H13IN2O2S/c1-11-10-13(17)7-8-14(11)19-22(20,21)15-6-2-4-12-5-3-9-18-16(12)15/h2-10,19H,1H3. The number of fused-ring (bicyclic) bond motifs is 1. The Morgan fingerprint density at radius 2 is 1.86 bits per heavy atom. The zero-order valence-electron chi connectivity index (χ0n) is 11.7. The van der Waals surface area contributed by atoms with Gasteiger partial charge in [-0.25, -0.2) is 8.42 Å². The van der Waals surface area contributed by atoms with Crippen LogP contribution in [0.5, 0.6) is 0 Å². The molecule has 0 saturated heterocycles. The van der Waals surface area contributed by atoms with Crippen LogP contribution in [0.25, 0.3) is 10.9 Å². The maximum Gasteiger partial charge on any atom is 0.264 e. The fourth-order valence-corrected chi connectivity index (χ4v) is 4.19. The largest absolute Gasteiger partial charge is 0.279 e. The second kappa shape index (κ2) is 5.85. The summed E-state index contributed by atoms with van der Waals surface area (Å²) >= 11 is 2.20. The molecule has 0 aliphatic rings. The van der Waals surface area contributed by atoms with Crippen molar-refractivity contribution in [3.63, 3.8) is 0 Å². The second-order valence-corrected chi connectivity index (χ2v) is 7.79. The highest BCUT2D eigenvalue weighted by molar-refractivity contribution is 14.1. The first-order valence-electron chi connectivity index (χ1n) is 6.60. The van der Waals surface area contributed by atoms with Gasteiger partial charge in [0.25, 0.3) is 10.0 Å². The number of nitrogens with zero attached hydrogens (tertiary/aromatic N) is 1. The highest BCUT2D eigenvalue weighted by atomic mass is 127. The summed E-state index contributed by atoms with van der Waals surface area (Å²) in [6.07, 6.45) is 1.59. The zero-order valence-corrected chi connectivity index (χ0v) is 14.7. The van der Waals surface area contributed by atoms with E-state index in [9.17, 15) is 8.42 Å². The lowest BCUT2D eigenvalue weighted by Crippen LogP contribution is -2.14. The first kappa shape index (κ1) is 15.2. The summed E-state index contributed by atoms with van der Waals surface area (Å²) in [5.74, 6) is 0. The van der Waals surface area contributed by atoms with Gasteiger partial charge in [0, 0.05) is 15.2 Å². The van der Waals surface area contributed by atoms with Crippen molar-refractivity contribution in [3.8, 4) is 0 Å². The average molecular weight is 424 g/mol. The van der Waals surface area contributed by atoms with Crippen molar-refractivity contribution in [2.45, 2.75) is 11.8 Å². The minimum Gasteiger partial charge on any atom is -0.279 e. The minimum absolute atomic E-state index is 0.184. The molecule has 22 heavy (non-hydrogen) atoms. The maximum absolute atomic E-state index is 12.7. The van der Waals surface area contributed by atoms with Crippen LogP contribution in [0.2, 0.25) is 0 Å². The van der Waals surface area contributed by atoms with Gasteiger partial charge in [0.1, 0.15) is 4.90 Å². The van der Waals surface area contributed by atoms with Crippen molar-refractivity contribution in [1.82, 2.24) is 4.98 Å². The topological polar surface area (TPSA) is 59.1 Å². The smallest absolute Gasteiger partial charge is 0.264 e. The molecule has 4 nitrogen and oxygen atoms in total. The number of benzene rings is 2. The number of anilines is 1. The summed E-state index contributed by atoms with van der Waals surface area (Å²) in [6, 6.07) is 14.3. The summed E-state index contributed by atoms with van der Waals surface area (Å²) in [6.45, 7) is 1.88. The van der Waals surface area contributed by atoms with Gasteiger partial charge in [0.15, 0.2) is 0 Å². The average Bonchev–Trinajstić information content (AvgIpc) is 2.49. The predicted molar refractivity (Wildman–Crippen MR) is 96.4 cm³/mol. The third-order valence-electron chi connectivity index (χ3n) is 3.32. The first-order valence-corrected chi connectivity index (χ1v) is 9.16. The lowest BCUT2D eigenvalue weighted by Gasteiger charge is -2.12. The van der Waals surface area contributed by atoms with Crippen molar-refractivity contribution < 1.29 is 8.42 Å². The molecule has 0 bridgehead atoms. The van der Waals surface area contributed by atoms with E-state index in [1.54, 1.807) is 30.5 Å². The Labute approximate surface area is 142 Å². The monoisotopic (exact) mass is 424 g/mol. The normalized spacial score (nSPS) is 11.5. The Kier molecular flexibility index (Phi) is 4.05. The molecular formula is C16H13IN2O2S. The number of aryl methyl sites for hydroxylation is 1. The lowest BCUT2D eigenvalue weighted by atomic mass is 10.2. The number of nitrogens with one attached hydrogen (secondary N) is 1. The first-order chi connectivity index (χ1) is 10.5. The van der Waals surface area contributed by atoms with Crippen molar-refractivity contribution in [3.05, 3.63) is 63.9 Å². The third kappa shape index (κ3) is 2.93. The van der Waals surface area contributed by atoms with Gasteiger partial charge in [0.2, 0.25) is 0 Å². The van der Waals surface area contributed by atoms with Crippen LogP contribution in [0.1, 0.15) is 5.56 Å². The summed E-state index contributed by atoms with van der Waals surface area (Å²) in [5.41, 5.74) is 1.93. The van der Waals surface area contributed by atoms with E-state index < -0.39 is 10.0 Å². The number of halogens is 1. The van der Waals surface area contributed by atoms with Crippen LogP contribution >= 0.6 is 22.6 Å². The molecule has 112 valence electrons. The van der Waals surface area contributed by atoms with Gasteiger partial charge < -0.3 is 0 Å². The van der Waals surface area contributed by atoms with E-state index in [-0.39, 0.29) is 4.90 Å². The van der Waals surface area contributed by atoms with E-state index in [0.717, 1.165) is 14.5 Å². The highest BCUT2D eigenvalue weighted by Gasteiger charge is 2.19. The molecule has 1 heterocycles. The molecule has 0 saturated carbocycles. The summed E-state index contributed by atoms with van der Waals surface area (Å²) in [5, 5.41) is 0.796. The van der Waals surface area contributed by atoms with Gasteiger partial charge in [-0.1, -0.05) is 18.2 Å². The van der Waals surface area contributed by atoms with Gasteiger partial charge in [-0.05, 0) is 65.4 Å². The summed E-state index contributed by atoms with van der Waals surface area (Å²) in [7, 11) is -3.69. The number of aromatic nitrogens is 1. The van der Waals surface area contributed by atoms with E-state index >= 15 is 0 Å². The molecule has 6 heteroatoms. The van der Waals surface area contributed by atoms with Crippen molar-refractivity contribution in [2.24, 2.45) is 0 Å². The van der Waals surface area contributed by atoms with Crippen LogP contribution in [-0.4, -0.2) is 13.4 Å². The fraction of sp³-hybridized carbons (Fsp3) is 0.0625. The summed E-state index contributed by atoms with van der Waals surface area (Å²) in [4.78, 5) is 4.39. The van der Waals surface area contributed by atoms with Gasteiger partial charge in [-0.3, -0.25) is 9.71 Å². The van der Waals surface area contributed by atoms with Gasteiger partial charge in [0.05, 0.1) is 11.2 Å². The summed E-state index contributed by atoms with van der Waals surface area (Å²) < 4.78 is 29.1. The van der Waals surface area contributed by atoms with Crippen LogP contribution in [-0.2, 0) is 10.0 Å². The third-order valence-corrected chi connectivity index (χ3v) is 5.39. The quantitative estimate of drug-likeness (QED) is 0.648. The van der Waals surface area contributed by atoms with Gasteiger partial charge in [-0.2, -0.15) is 0 Å². The second-order valence-electron chi connectivity index (χ2n) is 4.90. The number of para-hydroxylation sites is 1. The zero-order chi connectivity index (χ0) is 15.7. The van der Waals surface area contributed by atoms with Crippen LogP contribution in [0.3, 0.4) is 0 Å². The van der Waals surface area contributed by atoms with Crippen LogP contribution < -0.4 is 4.72 Å². The van der Waals surface area contributed by atoms with Gasteiger partial charge >= 0.3 is 0 Å².